The lowest BCUT2D eigenvalue weighted by molar-refractivity contribution is 0.629. The molecule has 0 aromatic carbocycles. The predicted molar refractivity (Wildman–Crippen MR) is 87.6 cm³/mol. The molecule has 0 aliphatic rings. The van der Waals surface area contributed by atoms with Gasteiger partial charge in [0.05, 0.1) is 21.8 Å². The maximum Gasteiger partial charge on any atom is 0.264 e. The summed E-state index contributed by atoms with van der Waals surface area (Å²) in [7, 11) is 0. The molecule has 2 heterocycles. The van der Waals surface area contributed by atoms with E-state index in [0.717, 1.165) is 30.8 Å². The van der Waals surface area contributed by atoms with E-state index in [9.17, 15) is 4.79 Å². The summed E-state index contributed by atoms with van der Waals surface area (Å²) in [6.07, 6.45) is 5.34. The second kappa shape index (κ2) is 6.51. The molecule has 0 spiro atoms. The Labute approximate surface area is 132 Å². The lowest BCUT2D eigenvalue weighted by Gasteiger charge is -2.10. The molecule has 2 rings (SSSR count). The number of H-pyrrole nitrogens is 1. The third kappa shape index (κ3) is 3.28. The van der Waals surface area contributed by atoms with Crippen LogP contribution in [0.25, 0.3) is 11.5 Å². The lowest BCUT2D eigenvalue weighted by Crippen LogP contribution is -2.18. The normalized spacial score (nSPS) is 11.2. The van der Waals surface area contributed by atoms with Gasteiger partial charge >= 0.3 is 0 Å². The second-order valence-electron chi connectivity index (χ2n) is 5.25. The Morgan fingerprint density at radius 1 is 1.45 bits per heavy atom. The van der Waals surface area contributed by atoms with E-state index in [1.807, 2.05) is 4.57 Å². The molecule has 0 atom stereocenters. The zero-order valence-corrected chi connectivity index (χ0v) is 14.1. The van der Waals surface area contributed by atoms with Crippen LogP contribution in [0.2, 0.25) is 0 Å². The largest absolute Gasteiger partial charge is 0.328 e. The van der Waals surface area contributed by atoms with Gasteiger partial charge in [0, 0.05) is 6.54 Å². The smallest absolute Gasteiger partial charge is 0.264 e. The number of rotatable bonds is 5. The summed E-state index contributed by atoms with van der Waals surface area (Å²) in [5.74, 6) is 1.07. The standard InChI is InChI=1S/C14H19IN4O/c1-4-5-19-8-16-7-11(19)13-17-10(6-9(2)3)12(15)14(20)18-13/h7-9H,4-6H2,1-3H3,(H,17,18,20). The SMILES string of the molecule is CCCn1cncc1-c1nc(CC(C)C)c(I)c(=O)[nH]1. The van der Waals surface area contributed by atoms with Crippen molar-refractivity contribution < 1.29 is 0 Å². The van der Waals surface area contributed by atoms with Crippen molar-refractivity contribution in [1.29, 1.82) is 0 Å². The van der Waals surface area contributed by atoms with E-state index >= 15 is 0 Å². The highest BCUT2D eigenvalue weighted by molar-refractivity contribution is 14.1. The van der Waals surface area contributed by atoms with Crippen molar-refractivity contribution in [2.75, 3.05) is 0 Å². The van der Waals surface area contributed by atoms with Gasteiger partial charge in [-0.25, -0.2) is 9.97 Å². The molecule has 0 fully saturated rings. The van der Waals surface area contributed by atoms with Crippen LogP contribution in [-0.4, -0.2) is 19.5 Å². The molecule has 5 nitrogen and oxygen atoms in total. The van der Waals surface area contributed by atoms with Crippen LogP contribution in [0.5, 0.6) is 0 Å². The number of aromatic amines is 1. The van der Waals surface area contributed by atoms with Gasteiger partial charge in [-0.1, -0.05) is 20.8 Å². The summed E-state index contributed by atoms with van der Waals surface area (Å²) in [4.78, 5) is 23.7. The van der Waals surface area contributed by atoms with E-state index in [2.05, 4.69) is 58.3 Å². The fraction of sp³-hybridized carbons (Fsp3) is 0.500. The monoisotopic (exact) mass is 386 g/mol. The van der Waals surface area contributed by atoms with Crippen LogP contribution in [0, 0.1) is 9.49 Å². The third-order valence-electron chi connectivity index (χ3n) is 2.95. The number of halogens is 1. The van der Waals surface area contributed by atoms with E-state index in [1.165, 1.54) is 0 Å². The van der Waals surface area contributed by atoms with Gasteiger partial charge in [0.1, 0.15) is 5.69 Å². The molecule has 2 aromatic heterocycles. The maximum atomic E-state index is 12.1. The quantitative estimate of drug-likeness (QED) is 0.804. The van der Waals surface area contributed by atoms with Gasteiger partial charge in [0.15, 0.2) is 5.82 Å². The summed E-state index contributed by atoms with van der Waals surface area (Å²) < 4.78 is 2.70. The first-order valence-corrected chi connectivity index (χ1v) is 7.90. The molecule has 1 N–H and O–H groups in total. The number of nitrogens with one attached hydrogen (secondary N) is 1. The number of nitrogens with zero attached hydrogens (tertiary/aromatic N) is 3. The average molecular weight is 386 g/mol. The van der Waals surface area contributed by atoms with Crippen LogP contribution in [0.1, 0.15) is 32.9 Å². The molecule has 0 saturated carbocycles. The Balaban J connectivity index is 2.49. The van der Waals surface area contributed by atoms with E-state index in [0.29, 0.717) is 15.3 Å². The van der Waals surface area contributed by atoms with Crippen molar-refractivity contribution in [3.8, 4) is 11.5 Å². The molecule has 2 aromatic rings. The van der Waals surface area contributed by atoms with Crippen LogP contribution in [0.3, 0.4) is 0 Å². The molecule has 0 unspecified atom stereocenters. The van der Waals surface area contributed by atoms with Gasteiger partial charge in [-0.2, -0.15) is 0 Å². The zero-order chi connectivity index (χ0) is 14.7. The van der Waals surface area contributed by atoms with Crippen LogP contribution in [0.4, 0.5) is 0 Å². The Morgan fingerprint density at radius 2 is 2.20 bits per heavy atom. The van der Waals surface area contributed by atoms with Crippen LogP contribution in [-0.2, 0) is 13.0 Å². The Morgan fingerprint density at radius 3 is 2.85 bits per heavy atom. The van der Waals surface area contributed by atoms with Gasteiger partial charge in [-0.15, -0.1) is 0 Å². The molecule has 20 heavy (non-hydrogen) atoms. The highest BCUT2D eigenvalue weighted by Gasteiger charge is 2.14. The molecule has 0 radical (unpaired) electrons. The number of hydrogen-bond acceptors (Lipinski definition) is 3. The van der Waals surface area contributed by atoms with Gasteiger partial charge in [-0.05, 0) is 41.4 Å². The first kappa shape index (κ1) is 15.2. The highest BCUT2D eigenvalue weighted by Crippen LogP contribution is 2.17. The van der Waals surface area contributed by atoms with Crippen LogP contribution in [0.15, 0.2) is 17.3 Å². The number of aryl methyl sites for hydroxylation is 1. The summed E-state index contributed by atoms with van der Waals surface area (Å²) >= 11 is 2.07. The fourth-order valence-electron chi connectivity index (χ4n) is 2.09. The van der Waals surface area contributed by atoms with E-state index in [4.69, 9.17) is 0 Å². The molecule has 0 saturated heterocycles. The van der Waals surface area contributed by atoms with Crippen molar-refractivity contribution in [3.05, 3.63) is 32.1 Å². The second-order valence-corrected chi connectivity index (χ2v) is 6.32. The number of hydrogen-bond donors (Lipinski definition) is 1. The maximum absolute atomic E-state index is 12.1. The van der Waals surface area contributed by atoms with Gasteiger partial charge in [0.25, 0.3) is 5.56 Å². The first-order valence-electron chi connectivity index (χ1n) is 6.82. The van der Waals surface area contributed by atoms with E-state index < -0.39 is 0 Å². The van der Waals surface area contributed by atoms with Crippen molar-refractivity contribution in [2.45, 2.75) is 40.2 Å². The van der Waals surface area contributed by atoms with E-state index in [1.54, 1.807) is 12.5 Å². The van der Waals surface area contributed by atoms with E-state index in [-0.39, 0.29) is 5.56 Å². The van der Waals surface area contributed by atoms with Gasteiger partial charge < -0.3 is 9.55 Å². The molecule has 0 aliphatic carbocycles. The van der Waals surface area contributed by atoms with Crippen molar-refractivity contribution in [1.82, 2.24) is 19.5 Å². The van der Waals surface area contributed by atoms with Gasteiger partial charge in [-0.3, -0.25) is 4.79 Å². The number of aromatic nitrogens is 4. The van der Waals surface area contributed by atoms with Crippen LogP contribution < -0.4 is 5.56 Å². The Kier molecular flexibility index (Phi) is 4.95. The molecular weight excluding hydrogens is 367 g/mol. The molecule has 0 amide bonds. The number of imidazole rings is 1. The zero-order valence-electron chi connectivity index (χ0n) is 12.0. The fourth-order valence-corrected chi connectivity index (χ4v) is 2.56. The summed E-state index contributed by atoms with van der Waals surface area (Å²) in [5, 5.41) is 0. The first-order chi connectivity index (χ1) is 9.52. The highest BCUT2D eigenvalue weighted by atomic mass is 127. The van der Waals surface area contributed by atoms with Crippen molar-refractivity contribution in [3.63, 3.8) is 0 Å². The molecular formula is C14H19IN4O. The van der Waals surface area contributed by atoms with Crippen LogP contribution >= 0.6 is 22.6 Å². The minimum absolute atomic E-state index is 0.0736. The minimum atomic E-state index is -0.0736. The third-order valence-corrected chi connectivity index (χ3v) is 4.06. The van der Waals surface area contributed by atoms with Crippen molar-refractivity contribution >= 4 is 22.6 Å². The average Bonchev–Trinajstić information content (AvgIpc) is 2.83. The Bertz CT molecular complexity index is 645. The summed E-state index contributed by atoms with van der Waals surface area (Å²) in [6, 6.07) is 0. The molecule has 0 bridgehead atoms. The molecule has 6 heteroatoms. The lowest BCUT2D eigenvalue weighted by atomic mass is 10.1. The Hall–Kier alpha value is -1.18. The molecule has 108 valence electrons. The van der Waals surface area contributed by atoms with Crippen molar-refractivity contribution in [2.24, 2.45) is 5.92 Å². The predicted octanol–water partition coefficient (Wildman–Crippen LogP) is 2.85. The topological polar surface area (TPSA) is 63.6 Å². The summed E-state index contributed by atoms with van der Waals surface area (Å²) in [5.41, 5.74) is 1.66. The van der Waals surface area contributed by atoms with Gasteiger partial charge in [0.2, 0.25) is 0 Å². The summed E-state index contributed by atoms with van der Waals surface area (Å²) in [6.45, 7) is 7.22. The molecule has 0 aliphatic heterocycles. The minimum Gasteiger partial charge on any atom is -0.328 e.